The number of fused-ring (bicyclic) bond motifs is 23. The summed E-state index contributed by atoms with van der Waals surface area (Å²) in [5.41, 5.74) is -1.10. The Bertz CT molecular complexity index is 1000. The topological polar surface area (TPSA) is 61.8 Å². The van der Waals surface area contributed by atoms with E-state index < -0.39 is 17.4 Å². The maximum atomic E-state index is 13.1. The van der Waals surface area contributed by atoms with E-state index in [0.717, 1.165) is 65.6 Å². The standard InChI is InChI=1S/C33H46O5/c1-32(2,3)37-23(34)13-17-16-10-22(30(17)36-31(35)38-33(4,5)6)29-21-12-20(26(16)29)27-18-11-19(28(21)27)25-15-8-7-14(9-15)24(18)25/h7-8,14-22,24-30H,9-13H2,1-6H3. The minimum atomic E-state index is -0.591. The van der Waals surface area contributed by atoms with Crippen molar-refractivity contribution < 1.29 is 23.8 Å². The van der Waals surface area contributed by atoms with Crippen LogP contribution in [0.2, 0.25) is 0 Å². The van der Waals surface area contributed by atoms with Crippen LogP contribution in [0.25, 0.3) is 0 Å². The van der Waals surface area contributed by atoms with E-state index in [4.69, 9.17) is 14.2 Å². The van der Waals surface area contributed by atoms with E-state index in [-0.39, 0.29) is 18.0 Å². The molecular formula is C33H46O5. The highest BCUT2D eigenvalue weighted by Crippen LogP contribution is 2.81. The molecule has 38 heavy (non-hydrogen) atoms. The summed E-state index contributed by atoms with van der Waals surface area (Å²) >= 11 is 0. The van der Waals surface area contributed by atoms with Gasteiger partial charge in [0.15, 0.2) is 0 Å². The molecule has 8 rings (SSSR count). The van der Waals surface area contributed by atoms with Crippen LogP contribution in [0, 0.1) is 88.8 Å². The minimum Gasteiger partial charge on any atom is -0.460 e. The van der Waals surface area contributed by atoms with Gasteiger partial charge in [0.2, 0.25) is 0 Å². The molecule has 0 aromatic heterocycles. The summed E-state index contributed by atoms with van der Waals surface area (Å²) in [5, 5.41) is 0. The second-order valence-electron chi connectivity index (χ2n) is 16.6. The molecule has 0 saturated heterocycles. The Balaban J connectivity index is 1.08. The molecule has 208 valence electrons. The lowest BCUT2D eigenvalue weighted by atomic mass is 9.54. The zero-order valence-corrected chi connectivity index (χ0v) is 24.0. The number of esters is 1. The van der Waals surface area contributed by atoms with Crippen molar-refractivity contribution in [2.24, 2.45) is 88.8 Å². The van der Waals surface area contributed by atoms with Gasteiger partial charge in [-0.25, -0.2) is 4.79 Å². The lowest BCUT2D eigenvalue weighted by Crippen LogP contribution is -2.51. The molecule has 0 N–H and O–H groups in total. The van der Waals surface area contributed by atoms with Gasteiger partial charge in [0.25, 0.3) is 0 Å². The number of allylic oxidation sites excluding steroid dienone is 2. The summed E-state index contributed by atoms with van der Waals surface area (Å²) in [5.74, 6) is 11.1. The molecule has 8 aliphatic carbocycles. The van der Waals surface area contributed by atoms with Crippen LogP contribution in [0.15, 0.2) is 12.2 Å². The van der Waals surface area contributed by atoms with E-state index >= 15 is 0 Å². The van der Waals surface area contributed by atoms with Gasteiger partial charge in [0.05, 0.1) is 6.42 Å². The Kier molecular flexibility index (Phi) is 4.86. The van der Waals surface area contributed by atoms with Gasteiger partial charge in [-0.05, 0) is 144 Å². The van der Waals surface area contributed by atoms with Gasteiger partial charge in [0.1, 0.15) is 17.3 Å². The van der Waals surface area contributed by atoms with E-state index in [1.165, 1.54) is 19.3 Å². The second-order valence-corrected chi connectivity index (χ2v) is 16.6. The lowest BCUT2D eigenvalue weighted by molar-refractivity contribution is -0.160. The first-order valence-electron chi connectivity index (χ1n) is 15.7. The molecule has 0 aliphatic heterocycles. The second kappa shape index (κ2) is 7.60. The number of carbonyl (C=O) groups excluding carboxylic acids is 2. The van der Waals surface area contributed by atoms with Crippen molar-refractivity contribution in [1.29, 1.82) is 0 Å². The predicted molar refractivity (Wildman–Crippen MR) is 142 cm³/mol. The number of hydrogen-bond acceptors (Lipinski definition) is 5. The fourth-order valence-electron chi connectivity index (χ4n) is 13.0. The molecule has 0 heterocycles. The van der Waals surface area contributed by atoms with Crippen LogP contribution in [0.4, 0.5) is 4.79 Å². The van der Waals surface area contributed by atoms with Gasteiger partial charge in [-0.15, -0.1) is 0 Å². The summed E-state index contributed by atoms with van der Waals surface area (Å²) in [7, 11) is 0. The van der Waals surface area contributed by atoms with Crippen LogP contribution >= 0.6 is 0 Å². The Morgan fingerprint density at radius 1 is 0.632 bits per heavy atom. The van der Waals surface area contributed by atoms with Crippen LogP contribution in [0.3, 0.4) is 0 Å². The number of hydrogen-bond donors (Lipinski definition) is 0. The average molecular weight is 523 g/mol. The minimum absolute atomic E-state index is 0.0539. The summed E-state index contributed by atoms with van der Waals surface area (Å²) in [6.07, 6.45) is 10.1. The highest BCUT2D eigenvalue weighted by molar-refractivity contribution is 5.70. The third kappa shape index (κ3) is 3.22. The van der Waals surface area contributed by atoms with Crippen molar-refractivity contribution in [3.63, 3.8) is 0 Å². The Morgan fingerprint density at radius 2 is 1.11 bits per heavy atom. The molecule has 0 radical (unpaired) electrons. The quantitative estimate of drug-likeness (QED) is 0.240. The maximum absolute atomic E-state index is 13.1. The molecule has 16 unspecified atom stereocenters. The van der Waals surface area contributed by atoms with Crippen molar-refractivity contribution in [3.8, 4) is 0 Å². The van der Waals surface area contributed by atoms with Gasteiger partial charge >= 0.3 is 12.1 Å². The van der Waals surface area contributed by atoms with Crippen LogP contribution in [0.5, 0.6) is 0 Å². The zero-order chi connectivity index (χ0) is 26.5. The van der Waals surface area contributed by atoms with E-state index in [2.05, 4.69) is 12.2 Å². The first-order valence-corrected chi connectivity index (χ1v) is 15.7. The highest BCUT2D eigenvalue weighted by Gasteiger charge is 2.77. The fraction of sp³-hybridized carbons (Fsp3) is 0.879. The summed E-state index contributed by atoms with van der Waals surface area (Å²) in [6.45, 7) is 11.4. The van der Waals surface area contributed by atoms with E-state index in [9.17, 15) is 9.59 Å². The van der Waals surface area contributed by atoms with Crippen molar-refractivity contribution in [1.82, 2.24) is 0 Å². The lowest BCUT2D eigenvalue weighted by Gasteiger charge is -2.51. The van der Waals surface area contributed by atoms with E-state index in [1.54, 1.807) is 0 Å². The number of carbonyl (C=O) groups is 2. The molecule has 5 nitrogen and oxygen atoms in total. The normalized spacial score (nSPS) is 53.8. The first-order chi connectivity index (χ1) is 17.9. The van der Waals surface area contributed by atoms with Crippen molar-refractivity contribution in [2.45, 2.75) is 91.0 Å². The molecule has 8 aliphatic rings. The van der Waals surface area contributed by atoms with E-state index in [1.807, 2.05) is 41.5 Å². The molecule has 0 aromatic rings. The molecule has 7 fully saturated rings. The Labute approximate surface area is 227 Å². The fourth-order valence-corrected chi connectivity index (χ4v) is 13.0. The van der Waals surface area contributed by atoms with Gasteiger partial charge in [-0.2, -0.15) is 0 Å². The molecule has 5 heteroatoms. The molecule has 0 aromatic carbocycles. The molecule has 8 bridgehead atoms. The van der Waals surface area contributed by atoms with Crippen molar-refractivity contribution in [2.75, 3.05) is 0 Å². The molecule has 0 amide bonds. The Hall–Kier alpha value is -1.52. The van der Waals surface area contributed by atoms with Crippen molar-refractivity contribution in [3.05, 3.63) is 12.2 Å². The third-order valence-corrected chi connectivity index (χ3v) is 12.9. The first kappa shape index (κ1) is 24.3. The number of rotatable bonds is 3. The zero-order valence-electron chi connectivity index (χ0n) is 24.0. The third-order valence-electron chi connectivity index (χ3n) is 12.9. The van der Waals surface area contributed by atoms with Crippen LogP contribution in [0.1, 0.15) is 73.6 Å². The van der Waals surface area contributed by atoms with Crippen molar-refractivity contribution >= 4 is 12.1 Å². The van der Waals surface area contributed by atoms with Gasteiger partial charge in [0, 0.05) is 11.8 Å². The highest BCUT2D eigenvalue weighted by atomic mass is 16.7. The monoisotopic (exact) mass is 522 g/mol. The molecular weight excluding hydrogens is 476 g/mol. The molecule has 7 saturated carbocycles. The molecule has 0 spiro atoms. The van der Waals surface area contributed by atoms with E-state index in [0.29, 0.717) is 30.1 Å². The van der Waals surface area contributed by atoms with Gasteiger partial charge < -0.3 is 14.2 Å². The summed E-state index contributed by atoms with van der Waals surface area (Å²) in [4.78, 5) is 26.0. The van der Waals surface area contributed by atoms with Gasteiger partial charge in [-0.1, -0.05) is 12.2 Å². The summed E-state index contributed by atoms with van der Waals surface area (Å²) in [6, 6.07) is 0. The van der Waals surface area contributed by atoms with Crippen LogP contribution < -0.4 is 0 Å². The SMILES string of the molecule is CC(C)(C)OC(=O)CC1C2CC(C1OC(=O)OC(C)(C)C)C1C3CC(C21)C1C2CC(C4C5C=CC(C5)C24)C31. The smallest absolute Gasteiger partial charge is 0.460 e. The van der Waals surface area contributed by atoms with Crippen LogP contribution in [-0.4, -0.2) is 29.4 Å². The predicted octanol–water partition coefficient (Wildman–Crippen LogP) is 6.51. The largest absolute Gasteiger partial charge is 0.509 e. The summed E-state index contributed by atoms with van der Waals surface area (Å²) < 4.78 is 17.6. The van der Waals surface area contributed by atoms with Crippen LogP contribution in [-0.2, 0) is 19.0 Å². The Morgan fingerprint density at radius 3 is 1.66 bits per heavy atom. The van der Waals surface area contributed by atoms with Gasteiger partial charge in [-0.3, -0.25) is 4.79 Å². The number of ether oxygens (including phenoxy) is 3. The maximum Gasteiger partial charge on any atom is 0.509 e. The molecule has 16 atom stereocenters. The average Bonchev–Trinajstić information content (AvgIpc) is 3.61.